The predicted octanol–water partition coefficient (Wildman–Crippen LogP) is 5.57. The molecule has 6 unspecified atom stereocenters. The quantitative estimate of drug-likeness (QED) is 0.444. The van der Waals surface area contributed by atoms with E-state index < -0.39 is 0 Å². The van der Waals surface area contributed by atoms with Crippen molar-refractivity contribution in [1.82, 2.24) is 10.6 Å². The molecule has 0 aromatic heterocycles. The summed E-state index contributed by atoms with van der Waals surface area (Å²) in [6.07, 6.45) is 18.9. The molecule has 0 radical (unpaired) electrons. The summed E-state index contributed by atoms with van der Waals surface area (Å²) in [4.78, 5) is 24.6. The summed E-state index contributed by atoms with van der Waals surface area (Å²) in [5.41, 5.74) is 0. The van der Waals surface area contributed by atoms with E-state index in [9.17, 15) is 9.59 Å². The van der Waals surface area contributed by atoms with Crippen molar-refractivity contribution in [2.45, 2.75) is 166 Å². The van der Waals surface area contributed by atoms with Gasteiger partial charge in [0.1, 0.15) is 12.2 Å². The van der Waals surface area contributed by atoms with Crippen molar-refractivity contribution in [2.75, 3.05) is 0 Å². The van der Waals surface area contributed by atoms with E-state index >= 15 is 0 Å². The lowest BCUT2D eigenvalue weighted by Crippen LogP contribution is -2.50. The number of nitrogens with one attached hydrogen (secondary N) is 2. The Labute approximate surface area is 207 Å². The van der Waals surface area contributed by atoms with E-state index in [1.165, 1.54) is 51.4 Å². The summed E-state index contributed by atoms with van der Waals surface area (Å²) in [6, 6.07) is 1.53. The van der Waals surface area contributed by atoms with E-state index in [1.54, 1.807) is 0 Å². The van der Waals surface area contributed by atoms with Crippen LogP contribution < -0.4 is 10.6 Å². The maximum absolute atomic E-state index is 12.3. The van der Waals surface area contributed by atoms with Gasteiger partial charge in [-0.15, -0.1) is 0 Å². The van der Waals surface area contributed by atoms with Gasteiger partial charge in [0.15, 0.2) is 0 Å². The Bertz CT molecular complexity index is 561. The standard InChI is InChI=1S/C28H50N2O4/c1-21-25-19-17-23(29-21)13-9-5-3-8-12-16-28(32)34-26-20-18-24(30-22(26)2)14-10-6-4-7-11-15-27(31)33-25/h21-26,29-30H,3-20H2,1-2H3. The second-order valence-electron chi connectivity index (χ2n) is 11.1. The molecule has 6 nitrogen and oxygen atoms in total. The predicted molar refractivity (Wildman–Crippen MR) is 136 cm³/mol. The molecule has 6 aliphatic heterocycles. The van der Waals surface area contributed by atoms with E-state index in [2.05, 4.69) is 24.5 Å². The van der Waals surface area contributed by atoms with E-state index in [0.29, 0.717) is 24.9 Å². The molecule has 196 valence electrons. The van der Waals surface area contributed by atoms with Crippen LogP contribution in [0.25, 0.3) is 0 Å². The lowest BCUT2D eigenvalue weighted by Gasteiger charge is -2.35. The van der Waals surface area contributed by atoms with Crippen LogP contribution >= 0.6 is 0 Å². The van der Waals surface area contributed by atoms with Crippen molar-refractivity contribution in [1.29, 1.82) is 0 Å². The molecule has 6 rings (SSSR count). The smallest absolute Gasteiger partial charge is 0.306 e. The first kappa shape index (κ1) is 27.4. The van der Waals surface area contributed by atoms with Crippen LogP contribution in [0.3, 0.4) is 0 Å². The van der Waals surface area contributed by atoms with Gasteiger partial charge in [-0.2, -0.15) is 0 Å². The van der Waals surface area contributed by atoms with Crippen LogP contribution in [0.5, 0.6) is 0 Å². The van der Waals surface area contributed by atoms with E-state index in [1.807, 2.05) is 0 Å². The normalized spacial score (nSPS) is 36.5. The van der Waals surface area contributed by atoms with E-state index in [0.717, 1.165) is 51.4 Å². The van der Waals surface area contributed by atoms with E-state index in [4.69, 9.17) is 9.47 Å². The van der Waals surface area contributed by atoms with Gasteiger partial charge in [-0.25, -0.2) is 0 Å². The fourth-order valence-corrected chi connectivity index (χ4v) is 5.97. The topological polar surface area (TPSA) is 76.7 Å². The molecule has 6 fully saturated rings. The minimum atomic E-state index is -0.0193. The van der Waals surface area contributed by atoms with Crippen LogP contribution in [0.2, 0.25) is 0 Å². The molecule has 0 aliphatic carbocycles. The molecule has 0 amide bonds. The molecule has 6 aliphatic rings. The fourth-order valence-electron chi connectivity index (χ4n) is 5.97. The first-order valence-electron chi connectivity index (χ1n) is 14.4. The Morgan fingerprint density at radius 3 is 1.32 bits per heavy atom. The lowest BCUT2D eigenvalue weighted by atomic mass is 9.92. The molecule has 0 aromatic rings. The SMILES string of the molecule is CC1NC2CCCCCCCC(=O)OC3CCC(CCCCCCCC(=O)OC1CC2)NC3C. The summed E-state index contributed by atoms with van der Waals surface area (Å²) >= 11 is 0. The summed E-state index contributed by atoms with van der Waals surface area (Å²) in [6.45, 7) is 4.31. The van der Waals surface area contributed by atoms with Crippen molar-refractivity contribution in [3.8, 4) is 0 Å². The van der Waals surface area contributed by atoms with Gasteiger partial charge in [0.2, 0.25) is 0 Å². The van der Waals surface area contributed by atoms with Crippen molar-refractivity contribution >= 4 is 11.9 Å². The third-order valence-electron chi connectivity index (χ3n) is 8.14. The van der Waals surface area contributed by atoms with Gasteiger partial charge in [-0.05, 0) is 65.2 Å². The molecule has 0 spiro atoms. The second-order valence-corrected chi connectivity index (χ2v) is 11.1. The van der Waals surface area contributed by atoms with Crippen LogP contribution in [-0.4, -0.2) is 48.3 Å². The first-order chi connectivity index (χ1) is 16.5. The van der Waals surface area contributed by atoms with Crippen molar-refractivity contribution in [3.63, 3.8) is 0 Å². The van der Waals surface area contributed by atoms with Gasteiger partial charge < -0.3 is 20.1 Å². The number of esters is 2. The lowest BCUT2D eigenvalue weighted by molar-refractivity contribution is -0.153. The summed E-state index contributed by atoms with van der Waals surface area (Å²) in [5, 5.41) is 7.35. The zero-order valence-corrected chi connectivity index (χ0v) is 21.8. The van der Waals surface area contributed by atoms with Gasteiger partial charge in [0.05, 0.1) is 0 Å². The van der Waals surface area contributed by atoms with Crippen LogP contribution in [-0.2, 0) is 19.1 Å². The monoisotopic (exact) mass is 478 g/mol. The van der Waals surface area contributed by atoms with Gasteiger partial charge in [0, 0.05) is 37.0 Å². The summed E-state index contributed by atoms with van der Waals surface area (Å²) in [7, 11) is 0. The molecule has 6 atom stereocenters. The highest BCUT2D eigenvalue weighted by molar-refractivity contribution is 5.69. The zero-order valence-electron chi connectivity index (χ0n) is 21.8. The number of piperidine rings is 2. The molecular weight excluding hydrogens is 428 g/mol. The Hall–Kier alpha value is -1.14. The highest BCUT2D eigenvalue weighted by Gasteiger charge is 2.30. The molecular formula is C28H50N2O4. The third-order valence-corrected chi connectivity index (χ3v) is 8.14. The summed E-state index contributed by atoms with van der Waals surface area (Å²) < 4.78 is 11.6. The highest BCUT2D eigenvalue weighted by atomic mass is 16.5. The van der Waals surface area contributed by atoms with Gasteiger partial charge in [0.25, 0.3) is 0 Å². The average Bonchev–Trinajstić information content (AvgIpc) is 2.80. The minimum Gasteiger partial charge on any atom is -0.461 e. The van der Waals surface area contributed by atoms with E-state index in [-0.39, 0.29) is 36.2 Å². The van der Waals surface area contributed by atoms with Crippen molar-refractivity contribution < 1.29 is 19.1 Å². The Morgan fingerprint density at radius 2 is 0.912 bits per heavy atom. The number of hydrogen-bond donors (Lipinski definition) is 2. The van der Waals surface area contributed by atoms with Gasteiger partial charge >= 0.3 is 11.9 Å². The number of ether oxygens (including phenoxy) is 2. The zero-order chi connectivity index (χ0) is 24.2. The molecule has 4 bridgehead atoms. The molecule has 2 N–H and O–H groups in total. The molecule has 0 saturated carbocycles. The number of carbonyl (C=O) groups is 2. The largest absolute Gasteiger partial charge is 0.461 e. The highest BCUT2D eigenvalue weighted by Crippen LogP contribution is 2.23. The van der Waals surface area contributed by atoms with Crippen LogP contribution in [0.4, 0.5) is 0 Å². The van der Waals surface area contributed by atoms with Crippen molar-refractivity contribution in [2.24, 2.45) is 0 Å². The second kappa shape index (κ2) is 15.1. The Balaban J connectivity index is 1.43. The summed E-state index contributed by atoms with van der Waals surface area (Å²) in [5.74, 6) is -0.0385. The molecule has 0 aromatic carbocycles. The van der Waals surface area contributed by atoms with Crippen molar-refractivity contribution in [3.05, 3.63) is 0 Å². The Morgan fingerprint density at radius 1 is 0.529 bits per heavy atom. The molecule has 6 heterocycles. The fraction of sp³-hybridized carbons (Fsp3) is 0.929. The Kier molecular flexibility index (Phi) is 12.2. The van der Waals surface area contributed by atoms with Crippen LogP contribution in [0, 0.1) is 0 Å². The van der Waals surface area contributed by atoms with Crippen LogP contribution in [0.1, 0.15) is 129 Å². The first-order valence-corrected chi connectivity index (χ1v) is 14.4. The van der Waals surface area contributed by atoms with Gasteiger partial charge in [-0.3, -0.25) is 9.59 Å². The molecule has 6 saturated heterocycles. The third kappa shape index (κ3) is 9.85. The van der Waals surface area contributed by atoms with Gasteiger partial charge in [-0.1, -0.05) is 51.4 Å². The minimum absolute atomic E-state index is 0.0193. The maximum atomic E-state index is 12.3. The molecule has 34 heavy (non-hydrogen) atoms. The number of hydrogen-bond acceptors (Lipinski definition) is 6. The maximum Gasteiger partial charge on any atom is 0.306 e. The molecule has 6 heteroatoms. The number of rotatable bonds is 0. The average molecular weight is 479 g/mol. The number of carbonyl (C=O) groups excluding carboxylic acids is 2. The van der Waals surface area contributed by atoms with Crippen LogP contribution in [0.15, 0.2) is 0 Å².